The maximum atomic E-state index is 13.8. The molecule has 0 aliphatic rings. The molecular formula is C24H19F5O3. The van der Waals surface area contributed by atoms with Crippen molar-refractivity contribution in [3.05, 3.63) is 77.4 Å². The highest BCUT2D eigenvalue weighted by Crippen LogP contribution is 2.46. The normalized spacial score (nSPS) is 11.6. The molecule has 0 bridgehead atoms. The number of alkyl halides is 5. The minimum absolute atomic E-state index is 0.0566. The Kier molecular flexibility index (Phi) is 6.81. The van der Waals surface area contributed by atoms with Crippen LogP contribution in [0, 0.1) is 0 Å². The molecular weight excluding hydrogens is 431 g/mol. The summed E-state index contributed by atoms with van der Waals surface area (Å²) in [6, 6.07) is 15.5. The number of aliphatic carboxylic acids is 1. The van der Waals surface area contributed by atoms with Crippen LogP contribution in [0.25, 0.3) is 22.3 Å². The lowest BCUT2D eigenvalue weighted by molar-refractivity contribution is -0.140. The van der Waals surface area contributed by atoms with Gasteiger partial charge in [0.25, 0.3) is 6.43 Å². The van der Waals surface area contributed by atoms with Crippen LogP contribution in [0.3, 0.4) is 0 Å². The van der Waals surface area contributed by atoms with Crippen LogP contribution in [0.5, 0.6) is 5.75 Å². The number of hydrogen-bond acceptors (Lipinski definition) is 2. The van der Waals surface area contributed by atoms with E-state index >= 15 is 0 Å². The van der Waals surface area contributed by atoms with Gasteiger partial charge in [-0.05, 0) is 40.3 Å². The van der Waals surface area contributed by atoms with E-state index in [1.54, 1.807) is 36.4 Å². The molecule has 0 fully saturated rings. The van der Waals surface area contributed by atoms with Crippen molar-refractivity contribution in [3.63, 3.8) is 0 Å². The van der Waals surface area contributed by atoms with Crippen molar-refractivity contribution in [2.45, 2.75) is 25.4 Å². The fourth-order valence-electron chi connectivity index (χ4n) is 3.63. The van der Waals surface area contributed by atoms with Crippen molar-refractivity contribution in [1.29, 1.82) is 0 Å². The van der Waals surface area contributed by atoms with Gasteiger partial charge in [-0.15, -0.1) is 0 Å². The van der Waals surface area contributed by atoms with Gasteiger partial charge < -0.3 is 9.84 Å². The first-order valence-electron chi connectivity index (χ1n) is 9.60. The van der Waals surface area contributed by atoms with E-state index in [1.165, 1.54) is 18.2 Å². The molecule has 0 aliphatic carbocycles. The summed E-state index contributed by atoms with van der Waals surface area (Å²) in [5.41, 5.74) is -0.418. The van der Waals surface area contributed by atoms with E-state index in [0.29, 0.717) is 12.0 Å². The molecule has 168 valence electrons. The summed E-state index contributed by atoms with van der Waals surface area (Å²) in [5, 5.41) is 8.94. The van der Waals surface area contributed by atoms with Crippen LogP contribution in [0.4, 0.5) is 22.0 Å². The zero-order chi connectivity index (χ0) is 23.5. The zero-order valence-corrected chi connectivity index (χ0v) is 16.9. The third kappa shape index (κ3) is 4.90. The molecule has 0 atom stereocenters. The molecule has 0 radical (unpaired) electrons. The summed E-state index contributed by atoms with van der Waals surface area (Å²) in [5.74, 6) is -1.60. The van der Waals surface area contributed by atoms with E-state index < -0.39 is 35.4 Å². The maximum absolute atomic E-state index is 13.8. The molecule has 0 spiro atoms. The first-order valence-corrected chi connectivity index (χ1v) is 9.60. The Bertz CT molecular complexity index is 1110. The monoisotopic (exact) mass is 450 g/mol. The van der Waals surface area contributed by atoms with E-state index in [0.717, 1.165) is 24.3 Å². The smallest absolute Gasteiger partial charge is 0.420 e. The zero-order valence-electron chi connectivity index (χ0n) is 16.9. The minimum Gasteiger partial charge on any atom is -0.496 e. The minimum atomic E-state index is -5.02. The predicted octanol–water partition coefficient (Wildman–Crippen LogP) is 7.00. The summed E-state index contributed by atoms with van der Waals surface area (Å²) in [6.07, 6.45) is -8.14. The molecule has 1 N–H and O–H groups in total. The quantitative estimate of drug-likeness (QED) is 0.394. The number of carboxylic acids is 1. The van der Waals surface area contributed by atoms with Gasteiger partial charge >= 0.3 is 12.1 Å². The van der Waals surface area contributed by atoms with Gasteiger partial charge in [0.2, 0.25) is 0 Å². The molecule has 32 heavy (non-hydrogen) atoms. The van der Waals surface area contributed by atoms with E-state index in [2.05, 4.69) is 4.74 Å². The Labute approximate surface area is 181 Å². The average molecular weight is 450 g/mol. The van der Waals surface area contributed by atoms with Crippen molar-refractivity contribution in [1.82, 2.24) is 0 Å². The number of carboxylic acid groups (broad SMARTS) is 1. The summed E-state index contributed by atoms with van der Waals surface area (Å²) in [4.78, 5) is 10.9. The van der Waals surface area contributed by atoms with Crippen LogP contribution in [-0.2, 0) is 17.4 Å². The molecule has 0 amide bonds. The molecule has 3 nitrogen and oxygen atoms in total. The summed E-state index contributed by atoms with van der Waals surface area (Å²) < 4.78 is 72.9. The highest BCUT2D eigenvalue weighted by Gasteiger charge is 2.40. The van der Waals surface area contributed by atoms with Gasteiger partial charge in [-0.1, -0.05) is 54.6 Å². The van der Waals surface area contributed by atoms with Crippen LogP contribution in [-0.4, -0.2) is 18.2 Å². The van der Waals surface area contributed by atoms with E-state index in [1.807, 2.05) is 0 Å². The van der Waals surface area contributed by atoms with Crippen LogP contribution >= 0.6 is 0 Å². The molecule has 8 heteroatoms. The molecule has 3 aromatic rings. The molecule has 3 aromatic carbocycles. The molecule has 0 saturated carbocycles. The maximum Gasteiger partial charge on any atom is 0.420 e. The number of methoxy groups -OCH3 is 1. The largest absolute Gasteiger partial charge is 0.496 e. The second-order valence-electron chi connectivity index (χ2n) is 7.03. The molecule has 0 aromatic heterocycles. The number of rotatable bonds is 7. The third-order valence-corrected chi connectivity index (χ3v) is 5.06. The Hall–Kier alpha value is -3.42. The molecule has 0 saturated heterocycles. The van der Waals surface area contributed by atoms with Gasteiger partial charge in [-0.3, -0.25) is 4.79 Å². The lowest BCUT2D eigenvalue weighted by Crippen LogP contribution is -2.13. The van der Waals surface area contributed by atoms with Gasteiger partial charge in [0.05, 0.1) is 7.11 Å². The van der Waals surface area contributed by atoms with E-state index in [9.17, 15) is 26.7 Å². The third-order valence-electron chi connectivity index (χ3n) is 5.06. The van der Waals surface area contributed by atoms with Gasteiger partial charge in [-0.2, -0.15) is 13.2 Å². The Morgan fingerprint density at radius 2 is 1.53 bits per heavy atom. The summed E-state index contributed by atoms with van der Waals surface area (Å²) in [7, 11) is 0.996. The summed E-state index contributed by atoms with van der Waals surface area (Å²) >= 11 is 0. The van der Waals surface area contributed by atoms with Crippen LogP contribution in [0.15, 0.2) is 60.7 Å². The highest BCUT2D eigenvalue weighted by atomic mass is 19.4. The summed E-state index contributed by atoms with van der Waals surface area (Å²) in [6.45, 7) is 0. The first kappa shape index (κ1) is 23.2. The van der Waals surface area contributed by atoms with Crippen molar-refractivity contribution >= 4 is 5.97 Å². The number of hydrogen-bond donors (Lipinski definition) is 1. The number of carbonyl (C=O) groups is 1. The van der Waals surface area contributed by atoms with Gasteiger partial charge in [0.15, 0.2) is 0 Å². The SMILES string of the molecule is COc1ccc(-c2ccc(-c3ccccc3CCC(=O)O)cc2)c(C(F)F)c1C(F)(F)F. The van der Waals surface area contributed by atoms with Gasteiger partial charge in [0, 0.05) is 12.0 Å². The molecule has 0 aliphatic heterocycles. The predicted molar refractivity (Wildman–Crippen MR) is 110 cm³/mol. The van der Waals surface area contributed by atoms with Crippen molar-refractivity contribution in [2.75, 3.05) is 7.11 Å². The topological polar surface area (TPSA) is 46.5 Å². The van der Waals surface area contributed by atoms with Crippen LogP contribution in [0.1, 0.15) is 29.5 Å². The molecule has 0 unspecified atom stereocenters. The van der Waals surface area contributed by atoms with Gasteiger partial charge in [0.1, 0.15) is 11.3 Å². The lowest BCUT2D eigenvalue weighted by Gasteiger charge is -2.20. The number of benzene rings is 3. The second kappa shape index (κ2) is 9.38. The van der Waals surface area contributed by atoms with Crippen molar-refractivity contribution < 1.29 is 36.6 Å². The van der Waals surface area contributed by atoms with Crippen molar-refractivity contribution in [3.8, 4) is 28.0 Å². The molecule has 3 rings (SSSR count). The van der Waals surface area contributed by atoms with E-state index in [4.69, 9.17) is 5.11 Å². The number of ether oxygens (including phenoxy) is 1. The van der Waals surface area contributed by atoms with Crippen LogP contribution in [0.2, 0.25) is 0 Å². The first-order chi connectivity index (χ1) is 15.1. The Balaban J connectivity index is 2.07. The number of halogens is 5. The van der Waals surface area contributed by atoms with E-state index in [-0.39, 0.29) is 17.5 Å². The lowest BCUT2D eigenvalue weighted by atomic mass is 9.92. The highest BCUT2D eigenvalue weighted by molar-refractivity contribution is 5.76. The standard InChI is InChI=1S/C24H19F5O3/c1-32-19-12-11-18(21(23(25)26)22(19)24(27,28)29)16-8-6-15(7-9-16)17-5-3-2-4-14(17)10-13-20(30)31/h2-9,11-12,23H,10,13H2,1H3,(H,30,31). The van der Waals surface area contributed by atoms with Crippen LogP contribution < -0.4 is 4.74 Å². The fraction of sp³-hybridized carbons (Fsp3) is 0.208. The second-order valence-corrected chi connectivity index (χ2v) is 7.03. The average Bonchev–Trinajstić information content (AvgIpc) is 2.76. The van der Waals surface area contributed by atoms with Gasteiger partial charge in [-0.25, -0.2) is 8.78 Å². The molecule has 0 heterocycles. The Morgan fingerprint density at radius 1 is 0.938 bits per heavy atom. The Morgan fingerprint density at radius 3 is 2.06 bits per heavy atom. The van der Waals surface area contributed by atoms with Crippen molar-refractivity contribution in [2.24, 2.45) is 0 Å². The fourth-order valence-corrected chi connectivity index (χ4v) is 3.63. The number of aryl methyl sites for hydroxylation is 1.